The SMILES string of the molecule is Cc1ccc([N+](=O)[O-])cc1NC(=O)c1nc(Cl)ccc1Cl. The van der Waals surface area contributed by atoms with Gasteiger partial charge in [-0.3, -0.25) is 14.9 Å². The van der Waals surface area contributed by atoms with Gasteiger partial charge in [0.15, 0.2) is 0 Å². The van der Waals surface area contributed by atoms with Gasteiger partial charge in [0.2, 0.25) is 0 Å². The van der Waals surface area contributed by atoms with Crippen LogP contribution in [-0.4, -0.2) is 15.8 Å². The van der Waals surface area contributed by atoms with E-state index in [1.165, 1.54) is 24.3 Å². The normalized spacial score (nSPS) is 10.2. The van der Waals surface area contributed by atoms with E-state index in [0.717, 1.165) is 0 Å². The lowest BCUT2D eigenvalue weighted by Crippen LogP contribution is -2.15. The number of rotatable bonds is 3. The van der Waals surface area contributed by atoms with E-state index in [9.17, 15) is 14.9 Å². The van der Waals surface area contributed by atoms with E-state index in [4.69, 9.17) is 23.2 Å². The summed E-state index contributed by atoms with van der Waals surface area (Å²) in [5, 5.41) is 13.6. The van der Waals surface area contributed by atoms with Gasteiger partial charge in [-0.2, -0.15) is 0 Å². The zero-order chi connectivity index (χ0) is 15.6. The van der Waals surface area contributed by atoms with Crippen molar-refractivity contribution in [3.8, 4) is 0 Å². The smallest absolute Gasteiger partial charge is 0.275 e. The van der Waals surface area contributed by atoms with Crippen molar-refractivity contribution in [2.75, 3.05) is 5.32 Å². The third kappa shape index (κ3) is 3.48. The molecule has 1 N–H and O–H groups in total. The van der Waals surface area contributed by atoms with Crippen LogP contribution in [0, 0.1) is 17.0 Å². The zero-order valence-electron chi connectivity index (χ0n) is 10.8. The van der Waals surface area contributed by atoms with Crippen LogP contribution in [0.5, 0.6) is 0 Å². The Bertz CT molecular complexity index is 735. The number of nitro benzene ring substituents is 1. The molecule has 1 aromatic heterocycles. The molecule has 0 saturated heterocycles. The highest BCUT2D eigenvalue weighted by Crippen LogP contribution is 2.24. The van der Waals surface area contributed by atoms with Crippen molar-refractivity contribution >= 4 is 40.5 Å². The van der Waals surface area contributed by atoms with Gasteiger partial charge in [0.05, 0.1) is 15.6 Å². The third-order valence-electron chi connectivity index (χ3n) is 2.71. The van der Waals surface area contributed by atoms with Crippen LogP contribution in [0.2, 0.25) is 10.2 Å². The first kappa shape index (κ1) is 15.2. The fourth-order valence-electron chi connectivity index (χ4n) is 1.62. The number of non-ortho nitro benzene ring substituents is 1. The molecular weight excluding hydrogens is 317 g/mol. The number of pyridine rings is 1. The minimum atomic E-state index is -0.592. The molecule has 108 valence electrons. The number of aryl methyl sites for hydroxylation is 1. The van der Waals surface area contributed by atoms with E-state index in [1.54, 1.807) is 13.0 Å². The standard InChI is InChI=1S/C13H9Cl2N3O3/c1-7-2-3-8(18(20)21)6-10(7)16-13(19)12-9(14)4-5-11(15)17-12/h2-6H,1H3,(H,16,19). The predicted octanol–water partition coefficient (Wildman–Crippen LogP) is 3.86. The highest BCUT2D eigenvalue weighted by Gasteiger charge is 2.16. The Morgan fingerprint density at radius 3 is 2.67 bits per heavy atom. The molecule has 0 aliphatic rings. The second-order valence-corrected chi connectivity index (χ2v) is 4.97. The van der Waals surface area contributed by atoms with Crippen molar-refractivity contribution in [3.63, 3.8) is 0 Å². The van der Waals surface area contributed by atoms with E-state index in [-0.39, 0.29) is 21.6 Å². The molecule has 0 atom stereocenters. The van der Waals surface area contributed by atoms with Crippen molar-refractivity contribution < 1.29 is 9.72 Å². The van der Waals surface area contributed by atoms with E-state index in [2.05, 4.69) is 10.3 Å². The van der Waals surface area contributed by atoms with Gasteiger partial charge in [0.1, 0.15) is 10.8 Å². The average Bonchev–Trinajstić information content (AvgIpc) is 2.43. The van der Waals surface area contributed by atoms with E-state index < -0.39 is 10.8 Å². The lowest BCUT2D eigenvalue weighted by atomic mass is 10.1. The molecule has 8 heteroatoms. The van der Waals surface area contributed by atoms with Crippen LogP contribution in [-0.2, 0) is 0 Å². The third-order valence-corrected chi connectivity index (χ3v) is 3.22. The van der Waals surface area contributed by atoms with Gasteiger partial charge in [0.25, 0.3) is 11.6 Å². The molecule has 1 amide bonds. The van der Waals surface area contributed by atoms with Crippen molar-refractivity contribution in [3.05, 3.63) is 61.9 Å². The van der Waals surface area contributed by atoms with Crippen LogP contribution in [0.25, 0.3) is 0 Å². The highest BCUT2D eigenvalue weighted by atomic mass is 35.5. The summed E-state index contributed by atoms with van der Waals surface area (Å²) in [5.74, 6) is -0.592. The molecule has 0 radical (unpaired) electrons. The van der Waals surface area contributed by atoms with Crippen molar-refractivity contribution in [2.24, 2.45) is 0 Å². The Kier molecular flexibility index (Phi) is 4.40. The maximum absolute atomic E-state index is 12.1. The van der Waals surface area contributed by atoms with Crippen LogP contribution < -0.4 is 5.32 Å². The number of halogens is 2. The summed E-state index contributed by atoms with van der Waals surface area (Å²) < 4.78 is 0. The number of hydrogen-bond donors (Lipinski definition) is 1. The number of nitrogens with zero attached hydrogens (tertiary/aromatic N) is 2. The number of hydrogen-bond acceptors (Lipinski definition) is 4. The number of nitro groups is 1. The van der Waals surface area contributed by atoms with Gasteiger partial charge in [-0.15, -0.1) is 0 Å². The first-order valence-electron chi connectivity index (χ1n) is 5.77. The Morgan fingerprint density at radius 1 is 1.29 bits per heavy atom. The van der Waals surface area contributed by atoms with Crippen molar-refractivity contribution in [1.82, 2.24) is 4.98 Å². The number of anilines is 1. The monoisotopic (exact) mass is 325 g/mol. The number of carbonyl (C=O) groups excluding carboxylic acids is 1. The summed E-state index contributed by atoms with van der Waals surface area (Å²) in [4.78, 5) is 26.2. The first-order valence-corrected chi connectivity index (χ1v) is 6.52. The minimum Gasteiger partial charge on any atom is -0.320 e. The largest absolute Gasteiger partial charge is 0.320 e. The first-order chi connectivity index (χ1) is 9.88. The van der Waals surface area contributed by atoms with Crippen LogP contribution in [0.4, 0.5) is 11.4 Å². The van der Waals surface area contributed by atoms with Crippen LogP contribution in [0.1, 0.15) is 16.1 Å². The summed E-state index contributed by atoms with van der Waals surface area (Å²) in [7, 11) is 0. The lowest BCUT2D eigenvalue weighted by molar-refractivity contribution is -0.384. The van der Waals surface area contributed by atoms with Crippen molar-refractivity contribution in [1.29, 1.82) is 0 Å². The Morgan fingerprint density at radius 2 is 2.00 bits per heavy atom. The Labute approximate surface area is 129 Å². The van der Waals surface area contributed by atoms with E-state index in [0.29, 0.717) is 11.3 Å². The van der Waals surface area contributed by atoms with Crippen LogP contribution >= 0.6 is 23.2 Å². The number of carbonyl (C=O) groups is 1. The summed E-state index contributed by atoms with van der Waals surface area (Å²) in [5.41, 5.74) is 0.815. The molecule has 0 aliphatic carbocycles. The average molecular weight is 326 g/mol. The van der Waals surface area contributed by atoms with Crippen LogP contribution in [0.15, 0.2) is 30.3 Å². The number of nitrogens with one attached hydrogen (secondary N) is 1. The van der Waals surface area contributed by atoms with Crippen LogP contribution in [0.3, 0.4) is 0 Å². The van der Waals surface area contributed by atoms with Gasteiger partial charge >= 0.3 is 0 Å². The highest BCUT2D eigenvalue weighted by molar-refractivity contribution is 6.35. The quantitative estimate of drug-likeness (QED) is 0.527. The second-order valence-electron chi connectivity index (χ2n) is 4.17. The maximum Gasteiger partial charge on any atom is 0.275 e. The topological polar surface area (TPSA) is 85.1 Å². The number of amides is 1. The molecule has 21 heavy (non-hydrogen) atoms. The van der Waals surface area contributed by atoms with Gasteiger partial charge in [0, 0.05) is 12.1 Å². The molecule has 1 heterocycles. The molecule has 1 aromatic carbocycles. The molecule has 2 aromatic rings. The predicted molar refractivity (Wildman–Crippen MR) is 80.0 cm³/mol. The van der Waals surface area contributed by atoms with Gasteiger partial charge in [-0.05, 0) is 24.6 Å². The zero-order valence-corrected chi connectivity index (χ0v) is 12.3. The molecular formula is C13H9Cl2N3O3. The summed E-state index contributed by atoms with van der Waals surface area (Å²) in [6, 6.07) is 7.08. The molecule has 0 spiro atoms. The molecule has 0 fully saturated rings. The summed E-state index contributed by atoms with van der Waals surface area (Å²) >= 11 is 11.6. The van der Waals surface area contributed by atoms with Crippen molar-refractivity contribution in [2.45, 2.75) is 6.92 Å². The van der Waals surface area contributed by atoms with E-state index >= 15 is 0 Å². The fraction of sp³-hybridized carbons (Fsp3) is 0.0769. The summed E-state index contributed by atoms with van der Waals surface area (Å²) in [6.07, 6.45) is 0. The number of benzene rings is 1. The molecule has 0 aliphatic heterocycles. The molecule has 2 rings (SSSR count). The minimum absolute atomic E-state index is 0.0462. The maximum atomic E-state index is 12.1. The van der Waals surface area contributed by atoms with Gasteiger partial charge in [-0.25, -0.2) is 4.98 Å². The Hall–Kier alpha value is -2.18. The Balaban J connectivity index is 2.33. The molecule has 6 nitrogen and oxygen atoms in total. The number of aromatic nitrogens is 1. The lowest BCUT2D eigenvalue weighted by Gasteiger charge is -2.09. The second kappa shape index (κ2) is 6.07. The van der Waals surface area contributed by atoms with Gasteiger partial charge in [-0.1, -0.05) is 29.3 Å². The fourth-order valence-corrected chi connectivity index (χ4v) is 1.96. The molecule has 0 unspecified atom stereocenters. The van der Waals surface area contributed by atoms with E-state index in [1.807, 2.05) is 0 Å². The molecule has 0 saturated carbocycles. The van der Waals surface area contributed by atoms with Gasteiger partial charge < -0.3 is 5.32 Å². The summed E-state index contributed by atoms with van der Waals surface area (Å²) in [6.45, 7) is 1.71. The molecule has 0 bridgehead atoms.